The zero-order valence-corrected chi connectivity index (χ0v) is 9.32. The van der Waals surface area contributed by atoms with Crippen LogP contribution in [-0.2, 0) is 4.74 Å². The summed E-state index contributed by atoms with van der Waals surface area (Å²) in [6.45, 7) is 1.36. The lowest BCUT2D eigenvalue weighted by atomic mass is 10.7. The van der Waals surface area contributed by atoms with Crippen molar-refractivity contribution in [1.29, 1.82) is 5.26 Å². The highest BCUT2D eigenvalue weighted by Gasteiger charge is 2.02. The number of aromatic nitrogens is 2. The lowest BCUT2D eigenvalue weighted by Gasteiger charge is -1.98. The van der Waals surface area contributed by atoms with Crippen LogP contribution < -0.4 is 5.32 Å². The predicted molar refractivity (Wildman–Crippen MR) is 56.6 cm³/mol. The molecule has 0 aliphatic heterocycles. The Morgan fingerprint density at radius 1 is 1.64 bits per heavy atom. The van der Waals surface area contributed by atoms with Crippen molar-refractivity contribution in [2.75, 3.05) is 31.3 Å². The molecule has 1 aromatic rings. The molecule has 0 aromatic carbocycles. The number of hydrogen-bond acceptors (Lipinski definition) is 7. The summed E-state index contributed by atoms with van der Waals surface area (Å²) in [6.07, 6.45) is 0. The molecule has 1 rings (SSSR count). The number of nitriles is 1. The van der Waals surface area contributed by atoms with Gasteiger partial charge in [0.25, 0.3) is 0 Å². The van der Waals surface area contributed by atoms with Crippen LogP contribution in [-0.4, -0.2) is 36.2 Å². The third-order valence-electron chi connectivity index (χ3n) is 1.25. The zero-order valence-electron chi connectivity index (χ0n) is 7.69. The van der Waals surface area contributed by atoms with E-state index < -0.39 is 0 Å². The monoisotopic (exact) mass is 230 g/mol. The number of nitrogens with zero attached hydrogens (tertiary/aromatic N) is 3. The fraction of sp³-hybridized carbons (Fsp3) is 0.571. The van der Waals surface area contributed by atoms with E-state index in [0.29, 0.717) is 18.9 Å². The molecule has 0 amide bonds. The number of nitrogens with one attached hydrogen (secondary N) is 1. The third kappa shape index (κ3) is 3.91. The lowest BCUT2D eigenvalue weighted by molar-refractivity contribution is 0.211. The van der Waals surface area contributed by atoms with Gasteiger partial charge in [0, 0.05) is 13.7 Å². The second kappa shape index (κ2) is 6.59. The van der Waals surface area contributed by atoms with Crippen LogP contribution in [0.1, 0.15) is 0 Å². The van der Waals surface area contributed by atoms with Crippen LogP contribution in [0.2, 0.25) is 0 Å². The Morgan fingerprint density at radius 3 is 3.21 bits per heavy atom. The average Bonchev–Trinajstić information content (AvgIpc) is 2.63. The molecule has 0 unspecified atom stereocenters. The van der Waals surface area contributed by atoms with Gasteiger partial charge in [-0.15, -0.1) is 10.2 Å². The van der Waals surface area contributed by atoms with Crippen molar-refractivity contribution in [2.45, 2.75) is 4.34 Å². The van der Waals surface area contributed by atoms with Crippen LogP contribution in [0.5, 0.6) is 0 Å². The van der Waals surface area contributed by atoms with Crippen LogP contribution >= 0.6 is 23.1 Å². The first-order chi connectivity index (χ1) is 6.86. The van der Waals surface area contributed by atoms with Crippen molar-refractivity contribution in [1.82, 2.24) is 10.2 Å². The van der Waals surface area contributed by atoms with Gasteiger partial charge >= 0.3 is 0 Å². The molecule has 14 heavy (non-hydrogen) atoms. The Labute approximate surface area is 90.5 Å². The van der Waals surface area contributed by atoms with Crippen molar-refractivity contribution in [3.8, 4) is 6.07 Å². The Hall–Kier alpha value is -0.840. The number of ether oxygens (including phenoxy) is 1. The Kier molecular flexibility index (Phi) is 5.29. The maximum atomic E-state index is 8.36. The van der Waals surface area contributed by atoms with Gasteiger partial charge < -0.3 is 10.1 Å². The number of thioether (sulfide) groups is 1. The number of rotatable bonds is 6. The molecule has 5 nitrogen and oxygen atoms in total. The molecule has 0 aliphatic rings. The van der Waals surface area contributed by atoms with Gasteiger partial charge in [0.2, 0.25) is 5.13 Å². The van der Waals surface area contributed by atoms with Crippen LogP contribution in [0.4, 0.5) is 5.13 Å². The number of anilines is 1. The minimum absolute atomic E-state index is 0.409. The van der Waals surface area contributed by atoms with Crippen LogP contribution in [0.3, 0.4) is 0 Å². The smallest absolute Gasteiger partial charge is 0.206 e. The second-order valence-electron chi connectivity index (χ2n) is 2.24. The highest BCUT2D eigenvalue weighted by molar-refractivity contribution is 8.01. The molecular formula is C7H10N4OS2. The summed E-state index contributed by atoms with van der Waals surface area (Å²) in [7, 11) is 1.65. The Morgan fingerprint density at radius 2 is 2.50 bits per heavy atom. The van der Waals surface area contributed by atoms with E-state index in [0.717, 1.165) is 9.47 Å². The molecule has 0 saturated carbocycles. The highest BCUT2D eigenvalue weighted by Crippen LogP contribution is 2.24. The van der Waals surface area contributed by atoms with E-state index >= 15 is 0 Å². The van der Waals surface area contributed by atoms with Gasteiger partial charge in [-0.3, -0.25) is 0 Å². The van der Waals surface area contributed by atoms with E-state index in [9.17, 15) is 0 Å². The topological polar surface area (TPSA) is 70.8 Å². The van der Waals surface area contributed by atoms with Gasteiger partial charge in [-0.1, -0.05) is 23.1 Å². The molecule has 1 heterocycles. The SMILES string of the molecule is COCCNc1nnc(SCC#N)s1. The van der Waals surface area contributed by atoms with Crippen LogP contribution in [0, 0.1) is 11.3 Å². The summed E-state index contributed by atoms with van der Waals surface area (Å²) in [6, 6.07) is 2.04. The quantitative estimate of drug-likeness (QED) is 0.585. The van der Waals surface area contributed by atoms with Gasteiger partial charge in [-0.05, 0) is 0 Å². The van der Waals surface area contributed by atoms with Gasteiger partial charge in [0.05, 0.1) is 18.4 Å². The molecule has 0 spiro atoms. The van der Waals surface area contributed by atoms with E-state index in [1.807, 2.05) is 6.07 Å². The van der Waals surface area contributed by atoms with Gasteiger partial charge in [-0.2, -0.15) is 5.26 Å². The Balaban J connectivity index is 2.32. The molecular weight excluding hydrogens is 220 g/mol. The minimum atomic E-state index is 0.409. The molecule has 0 fully saturated rings. The summed E-state index contributed by atoms with van der Waals surface area (Å²) >= 11 is 2.84. The molecule has 76 valence electrons. The summed E-state index contributed by atoms with van der Waals surface area (Å²) in [5.41, 5.74) is 0. The lowest BCUT2D eigenvalue weighted by Crippen LogP contribution is -2.06. The summed E-state index contributed by atoms with van der Waals surface area (Å²) in [5.74, 6) is 0.409. The number of hydrogen-bond donors (Lipinski definition) is 1. The molecule has 1 N–H and O–H groups in total. The summed E-state index contributed by atoms with van der Waals surface area (Å²) in [4.78, 5) is 0. The first kappa shape index (κ1) is 11.2. The molecule has 7 heteroatoms. The van der Waals surface area contributed by atoms with Crippen molar-refractivity contribution in [3.05, 3.63) is 0 Å². The molecule has 0 saturated heterocycles. The van der Waals surface area contributed by atoms with Gasteiger partial charge in [0.1, 0.15) is 0 Å². The molecule has 0 aliphatic carbocycles. The second-order valence-corrected chi connectivity index (χ2v) is 4.44. The van der Waals surface area contributed by atoms with Crippen molar-refractivity contribution < 1.29 is 4.74 Å². The van der Waals surface area contributed by atoms with E-state index in [2.05, 4.69) is 15.5 Å². The average molecular weight is 230 g/mol. The van der Waals surface area contributed by atoms with Crippen molar-refractivity contribution in [2.24, 2.45) is 0 Å². The first-order valence-electron chi connectivity index (χ1n) is 3.93. The molecule has 0 atom stereocenters. The van der Waals surface area contributed by atoms with Crippen molar-refractivity contribution >= 4 is 28.2 Å². The third-order valence-corrected chi connectivity index (χ3v) is 3.13. The first-order valence-corrected chi connectivity index (χ1v) is 5.73. The van der Waals surface area contributed by atoms with Gasteiger partial charge in [-0.25, -0.2) is 0 Å². The maximum absolute atomic E-state index is 8.36. The van der Waals surface area contributed by atoms with Crippen LogP contribution in [0.15, 0.2) is 4.34 Å². The fourth-order valence-corrected chi connectivity index (χ4v) is 2.13. The predicted octanol–water partition coefficient (Wildman–Crippen LogP) is 1.21. The van der Waals surface area contributed by atoms with Crippen LogP contribution in [0.25, 0.3) is 0 Å². The van der Waals surface area contributed by atoms with E-state index in [-0.39, 0.29) is 0 Å². The summed E-state index contributed by atoms with van der Waals surface area (Å²) in [5, 5.41) is 20.0. The largest absolute Gasteiger partial charge is 0.383 e. The highest BCUT2D eigenvalue weighted by atomic mass is 32.2. The Bertz CT molecular complexity index is 309. The van der Waals surface area contributed by atoms with E-state index in [1.54, 1.807) is 7.11 Å². The molecule has 1 aromatic heterocycles. The fourth-order valence-electron chi connectivity index (χ4n) is 0.694. The normalized spacial score (nSPS) is 9.71. The van der Waals surface area contributed by atoms with E-state index in [1.165, 1.54) is 23.1 Å². The van der Waals surface area contributed by atoms with E-state index in [4.69, 9.17) is 10.00 Å². The zero-order chi connectivity index (χ0) is 10.2. The van der Waals surface area contributed by atoms with Crippen molar-refractivity contribution in [3.63, 3.8) is 0 Å². The number of methoxy groups -OCH3 is 1. The summed E-state index contributed by atoms with van der Waals surface area (Å²) < 4.78 is 5.69. The maximum Gasteiger partial charge on any atom is 0.206 e. The molecule has 0 radical (unpaired) electrons. The van der Waals surface area contributed by atoms with Gasteiger partial charge in [0.15, 0.2) is 4.34 Å². The minimum Gasteiger partial charge on any atom is -0.383 e. The molecule has 0 bridgehead atoms. The standard InChI is InChI=1S/C7H10N4OS2/c1-12-4-3-9-6-10-11-7(14-6)13-5-2-8/h3-5H2,1H3,(H,9,10).